The summed E-state index contributed by atoms with van der Waals surface area (Å²) >= 11 is 8.98. The number of hydrogen-bond acceptors (Lipinski definition) is 4. The zero-order valence-corrected chi connectivity index (χ0v) is 14.8. The molecule has 24 heavy (non-hydrogen) atoms. The maximum atomic E-state index is 12.6. The minimum Gasteiger partial charge on any atom is -0.369 e. The SMILES string of the molecule is NC(=O)CSc1ccccc1NC(=O)c1sc2ccccc2c1Cl. The number of thioether (sulfide) groups is 1. The van der Waals surface area contributed by atoms with Crippen LogP contribution < -0.4 is 11.1 Å². The summed E-state index contributed by atoms with van der Waals surface area (Å²) in [5.74, 6) is -0.529. The van der Waals surface area contributed by atoms with Crippen LogP contribution in [-0.4, -0.2) is 17.6 Å². The van der Waals surface area contributed by atoms with E-state index in [1.54, 1.807) is 6.07 Å². The molecule has 0 aliphatic rings. The van der Waals surface area contributed by atoms with Gasteiger partial charge in [-0.15, -0.1) is 23.1 Å². The summed E-state index contributed by atoms with van der Waals surface area (Å²) in [5.41, 5.74) is 5.81. The number of carbonyl (C=O) groups excluding carboxylic acids is 2. The van der Waals surface area contributed by atoms with Gasteiger partial charge in [0.1, 0.15) is 4.88 Å². The van der Waals surface area contributed by atoms with Crippen LogP contribution in [0.4, 0.5) is 5.69 Å². The minimum absolute atomic E-state index is 0.149. The molecule has 1 heterocycles. The highest BCUT2D eigenvalue weighted by atomic mass is 35.5. The number of benzene rings is 2. The molecule has 3 rings (SSSR count). The van der Waals surface area contributed by atoms with Gasteiger partial charge >= 0.3 is 0 Å². The van der Waals surface area contributed by atoms with E-state index >= 15 is 0 Å². The molecule has 0 unspecified atom stereocenters. The fourth-order valence-electron chi connectivity index (χ4n) is 2.18. The highest BCUT2D eigenvalue weighted by Gasteiger charge is 2.18. The third-order valence-corrected chi connectivity index (χ3v) is 6.02. The molecule has 1 aromatic heterocycles. The van der Waals surface area contributed by atoms with E-state index in [2.05, 4.69) is 5.32 Å². The molecule has 0 bridgehead atoms. The quantitative estimate of drug-likeness (QED) is 0.649. The van der Waals surface area contributed by atoms with Crippen molar-refractivity contribution in [1.29, 1.82) is 0 Å². The Morgan fingerprint density at radius 1 is 1.12 bits per heavy atom. The predicted octanol–water partition coefficient (Wildman–Crippen LogP) is 4.38. The highest BCUT2D eigenvalue weighted by Crippen LogP contribution is 2.36. The number of nitrogens with one attached hydrogen (secondary N) is 1. The van der Waals surface area contributed by atoms with Crippen molar-refractivity contribution >= 4 is 62.3 Å². The van der Waals surface area contributed by atoms with Gasteiger partial charge in [0.25, 0.3) is 5.91 Å². The number of nitrogens with two attached hydrogens (primary N) is 1. The molecule has 2 aromatic carbocycles. The standard InChI is InChI=1S/C17H13ClN2O2S2/c18-15-10-5-1-3-7-12(10)24-16(15)17(22)20-11-6-2-4-8-13(11)23-9-14(19)21/h1-8H,9H2,(H2,19,21)(H,20,22). The number of rotatable bonds is 5. The van der Waals surface area contributed by atoms with Crippen LogP contribution in [-0.2, 0) is 4.79 Å². The molecule has 0 atom stereocenters. The van der Waals surface area contributed by atoms with E-state index in [4.69, 9.17) is 17.3 Å². The van der Waals surface area contributed by atoms with Gasteiger partial charge in [-0.2, -0.15) is 0 Å². The van der Waals surface area contributed by atoms with Crippen molar-refractivity contribution in [3.8, 4) is 0 Å². The van der Waals surface area contributed by atoms with Gasteiger partial charge in [0.15, 0.2) is 0 Å². The first kappa shape index (κ1) is 16.8. The molecular weight excluding hydrogens is 364 g/mol. The first-order chi connectivity index (χ1) is 11.6. The van der Waals surface area contributed by atoms with E-state index in [-0.39, 0.29) is 11.7 Å². The van der Waals surface area contributed by atoms with E-state index in [9.17, 15) is 9.59 Å². The van der Waals surface area contributed by atoms with Crippen molar-refractivity contribution in [1.82, 2.24) is 0 Å². The average Bonchev–Trinajstić information content (AvgIpc) is 2.91. The van der Waals surface area contributed by atoms with Gasteiger partial charge < -0.3 is 11.1 Å². The first-order valence-corrected chi connectivity index (χ1v) is 9.23. The predicted molar refractivity (Wildman–Crippen MR) is 101 cm³/mol. The van der Waals surface area contributed by atoms with Crippen molar-refractivity contribution < 1.29 is 9.59 Å². The number of para-hydroxylation sites is 1. The summed E-state index contributed by atoms with van der Waals surface area (Å²) in [7, 11) is 0. The molecular formula is C17H13ClN2O2S2. The molecule has 0 saturated heterocycles. The molecule has 3 aromatic rings. The van der Waals surface area contributed by atoms with E-state index in [0.717, 1.165) is 15.0 Å². The highest BCUT2D eigenvalue weighted by molar-refractivity contribution is 8.00. The Morgan fingerprint density at radius 2 is 1.83 bits per heavy atom. The van der Waals surface area contributed by atoms with Crippen LogP contribution in [0.1, 0.15) is 9.67 Å². The zero-order chi connectivity index (χ0) is 17.1. The van der Waals surface area contributed by atoms with E-state index in [1.165, 1.54) is 23.1 Å². The van der Waals surface area contributed by atoms with Crippen molar-refractivity contribution in [2.24, 2.45) is 5.73 Å². The lowest BCUT2D eigenvalue weighted by molar-refractivity contribution is -0.115. The van der Waals surface area contributed by atoms with Crippen LogP contribution >= 0.6 is 34.7 Å². The first-order valence-electron chi connectivity index (χ1n) is 7.05. The monoisotopic (exact) mass is 376 g/mol. The summed E-state index contributed by atoms with van der Waals surface area (Å²) in [4.78, 5) is 24.8. The maximum absolute atomic E-state index is 12.6. The zero-order valence-electron chi connectivity index (χ0n) is 12.4. The largest absolute Gasteiger partial charge is 0.369 e. The molecule has 7 heteroatoms. The van der Waals surface area contributed by atoms with Crippen LogP contribution in [0.3, 0.4) is 0 Å². The lowest BCUT2D eigenvalue weighted by Gasteiger charge is -2.09. The molecule has 0 spiro atoms. The molecule has 0 fully saturated rings. The number of carbonyl (C=O) groups is 2. The molecule has 0 aliphatic heterocycles. The second-order valence-corrected chi connectivity index (χ2v) is 7.39. The van der Waals surface area contributed by atoms with Crippen molar-refractivity contribution in [3.05, 3.63) is 58.4 Å². The Balaban J connectivity index is 1.86. The molecule has 2 amide bonds. The van der Waals surface area contributed by atoms with Crippen LogP contribution in [0.25, 0.3) is 10.1 Å². The molecule has 0 radical (unpaired) electrons. The topological polar surface area (TPSA) is 72.2 Å². The molecule has 0 saturated carbocycles. The Kier molecular flexibility index (Phi) is 5.08. The Labute approximate surface area is 152 Å². The van der Waals surface area contributed by atoms with E-state index < -0.39 is 5.91 Å². The average molecular weight is 377 g/mol. The van der Waals surface area contributed by atoms with E-state index in [1.807, 2.05) is 42.5 Å². The Bertz CT molecular complexity index is 924. The molecule has 0 aliphatic carbocycles. The lowest BCUT2D eigenvalue weighted by Crippen LogP contribution is -2.14. The Hall–Kier alpha value is -2.02. The second kappa shape index (κ2) is 7.25. The second-order valence-electron chi connectivity index (χ2n) is 4.95. The van der Waals surface area contributed by atoms with Crippen LogP contribution in [0.2, 0.25) is 5.02 Å². The van der Waals surface area contributed by atoms with Gasteiger partial charge in [-0.25, -0.2) is 0 Å². The summed E-state index contributed by atoms with van der Waals surface area (Å²) in [6.07, 6.45) is 0. The number of anilines is 1. The normalized spacial score (nSPS) is 10.7. The number of amides is 2. The van der Waals surface area contributed by atoms with Crippen LogP contribution in [0.15, 0.2) is 53.4 Å². The fourth-order valence-corrected chi connectivity index (χ4v) is 4.34. The summed E-state index contributed by atoms with van der Waals surface area (Å²) in [6, 6.07) is 14.9. The van der Waals surface area contributed by atoms with Gasteiger partial charge in [0.05, 0.1) is 16.5 Å². The summed E-state index contributed by atoms with van der Waals surface area (Å²) in [6.45, 7) is 0. The van der Waals surface area contributed by atoms with Gasteiger partial charge in [0, 0.05) is 15.0 Å². The summed E-state index contributed by atoms with van der Waals surface area (Å²) in [5, 5.41) is 4.19. The number of primary amides is 1. The maximum Gasteiger partial charge on any atom is 0.267 e. The van der Waals surface area contributed by atoms with Crippen LogP contribution in [0.5, 0.6) is 0 Å². The van der Waals surface area contributed by atoms with Crippen molar-refractivity contribution in [3.63, 3.8) is 0 Å². The lowest BCUT2D eigenvalue weighted by atomic mass is 10.2. The van der Waals surface area contributed by atoms with Gasteiger partial charge in [-0.3, -0.25) is 9.59 Å². The molecule has 3 N–H and O–H groups in total. The van der Waals surface area contributed by atoms with Gasteiger partial charge in [-0.05, 0) is 18.2 Å². The summed E-state index contributed by atoms with van der Waals surface area (Å²) < 4.78 is 0.962. The van der Waals surface area contributed by atoms with Crippen molar-refractivity contribution in [2.75, 3.05) is 11.1 Å². The minimum atomic E-state index is -0.409. The molecule has 4 nitrogen and oxygen atoms in total. The van der Waals surface area contributed by atoms with Gasteiger partial charge in [-0.1, -0.05) is 41.9 Å². The number of thiophene rings is 1. The van der Waals surface area contributed by atoms with Gasteiger partial charge in [0.2, 0.25) is 5.91 Å². The number of fused-ring (bicyclic) bond motifs is 1. The van der Waals surface area contributed by atoms with Crippen molar-refractivity contribution in [2.45, 2.75) is 4.90 Å². The van der Waals surface area contributed by atoms with E-state index in [0.29, 0.717) is 15.6 Å². The third-order valence-electron chi connectivity index (χ3n) is 3.25. The number of halogens is 1. The fraction of sp³-hybridized carbons (Fsp3) is 0.0588. The smallest absolute Gasteiger partial charge is 0.267 e. The Morgan fingerprint density at radius 3 is 2.58 bits per heavy atom. The third kappa shape index (κ3) is 3.56. The number of hydrogen-bond donors (Lipinski definition) is 2. The van der Waals surface area contributed by atoms with Crippen LogP contribution in [0, 0.1) is 0 Å². The molecule has 122 valence electrons.